The van der Waals surface area contributed by atoms with Crippen LogP contribution in [0.5, 0.6) is 11.5 Å². The summed E-state index contributed by atoms with van der Waals surface area (Å²) in [6, 6.07) is 12.9. The summed E-state index contributed by atoms with van der Waals surface area (Å²) in [5, 5.41) is 24.8. The molecule has 1 aliphatic rings. The molecule has 1 aliphatic heterocycles. The number of rotatable bonds is 2. The van der Waals surface area contributed by atoms with Gasteiger partial charge in [-0.25, -0.2) is 4.79 Å². The lowest BCUT2D eigenvalue weighted by atomic mass is 10.0. The zero-order valence-corrected chi connectivity index (χ0v) is 12.1. The SMILES string of the molecule is O=C(O)c1c2c(cc3ccccc13)Oc1cc([N+](=O)[O-])ccc1N2. The minimum Gasteiger partial charge on any atom is -0.478 e. The summed E-state index contributed by atoms with van der Waals surface area (Å²) in [5.74, 6) is -0.480. The zero-order valence-electron chi connectivity index (χ0n) is 12.1. The lowest BCUT2D eigenvalue weighted by Gasteiger charge is -2.24. The second-order valence-electron chi connectivity index (χ2n) is 5.32. The lowest BCUT2D eigenvalue weighted by molar-refractivity contribution is -0.384. The highest BCUT2D eigenvalue weighted by Crippen LogP contribution is 2.47. The average molecular weight is 322 g/mol. The summed E-state index contributed by atoms with van der Waals surface area (Å²) >= 11 is 0. The van der Waals surface area contributed by atoms with Crippen LogP contribution in [0.1, 0.15) is 10.4 Å². The highest BCUT2D eigenvalue weighted by atomic mass is 16.6. The summed E-state index contributed by atoms with van der Waals surface area (Å²) in [6.45, 7) is 0. The van der Waals surface area contributed by atoms with Gasteiger partial charge in [0.15, 0.2) is 11.5 Å². The molecular weight excluding hydrogens is 312 g/mol. The topological polar surface area (TPSA) is 102 Å². The number of aromatic carboxylic acids is 1. The molecule has 0 radical (unpaired) electrons. The third-order valence-corrected chi connectivity index (χ3v) is 3.88. The van der Waals surface area contributed by atoms with Crippen molar-refractivity contribution in [3.05, 3.63) is 64.2 Å². The Morgan fingerprint density at radius 1 is 1.12 bits per heavy atom. The van der Waals surface area contributed by atoms with Crippen LogP contribution < -0.4 is 10.1 Å². The molecule has 1 heterocycles. The first kappa shape index (κ1) is 14.0. The largest absolute Gasteiger partial charge is 0.478 e. The van der Waals surface area contributed by atoms with Crippen LogP contribution in [-0.4, -0.2) is 16.0 Å². The molecule has 3 aromatic rings. The minimum absolute atomic E-state index is 0.0988. The quantitative estimate of drug-likeness (QED) is 0.421. The Morgan fingerprint density at radius 2 is 1.92 bits per heavy atom. The first-order valence-electron chi connectivity index (χ1n) is 7.07. The highest BCUT2D eigenvalue weighted by molar-refractivity contribution is 6.11. The maximum Gasteiger partial charge on any atom is 0.338 e. The maximum absolute atomic E-state index is 11.8. The lowest BCUT2D eigenvalue weighted by Crippen LogP contribution is -2.10. The molecule has 0 spiro atoms. The van der Waals surface area contributed by atoms with Gasteiger partial charge in [-0.2, -0.15) is 0 Å². The van der Waals surface area contributed by atoms with E-state index < -0.39 is 10.9 Å². The number of nitrogens with zero attached hydrogens (tertiary/aromatic N) is 1. The fraction of sp³-hybridized carbons (Fsp3) is 0. The molecule has 0 amide bonds. The van der Waals surface area contributed by atoms with Crippen molar-refractivity contribution in [2.45, 2.75) is 0 Å². The molecule has 0 aliphatic carbocycles. The van der Waals surface area contributed by atoms with E-state index in [4.69, 9.17) is 4.74 Å². The number of hydrogen-bond acceptors (Lipinski definition) is 5. The second kappa shape index (κ2) is 4.95. The molecule has 7 nitrogen and oxygen atoms in total. The van der Waals surface area contributed by atoms with E-state index in [9.17, 15) is 20.0 Å². The van der Waals surface area contributed by atoms with E-state index in [1.54, 1.807) is 30.3 Å². The summed E-state index contributed by atoms with van der Waals surface area (Å²) in [6.07, 6.45) is 0. The Hall–Kier alpha value is -3.61. The van der Waals surface area contributed by atoms with E-state index in [0.717, 1.165) is 0 Å². The molecule has 7 heteroatoms. The van der Waals surface area contributed by atoms with Crippen LogP contribution in [0, 0.1) is 10.1 Å². The first-order chi connectivity index (χ1) is 11.5. The molecule has 0 unspecified atom stereocenters. The van der Waals surface area contributed by atoms with Crippen LogP contribution in [0.15, 0.2) is 48.5 Å². The summed E-state index contributed by atoms with van der Waals surface area (Å²) < 4.78 is 5.74. The molecule has 0 saturated heterocycles. The highest BCUT2D eigenvalue weighted by Gasteiger charge is 2.26. The maximum atomic E-state index is 11.8. The fourth-order valence-electron chi connectivity index (χ4n) is 2.81. The molecule has 0 bridgehead atoms. The molecule has 0 fully saturated rings. The number of non-ortho nitro benzene ring substituents is 1. The van der Waals surface area contributed by atoms with Gasteiger partial charge in [0.25, 0.3) is 5.69 Å². The zero-order chi connectivity index (χ0) is 16.8. The van der Waals surface area contributed by atoms with Crippen molar-refractivity contribution >= 4 is 33.8 Å². The van der Waals surface area contributed by atoms with E-state index in [-0.39, 0.29) is 17.0 Å². The van der Waals surface area contributed by atoms with Crippen LogP contribution in [-0.2, 0) is 0 Å². The number of hydrogen-bond donors (Lipinski definition) is 2. The molecule has 4 rings (SSSR count). The van der Waals surface area contributed by atoms with Crippen molar-refractivity contribution in [3.8, 4) is 11.5 Å². The fourth-order valence-corrected chi connectivity index (χ4v) is 2.81. The molecule has 118 valence electrons. The van der Waals surface area contributed by atoms with E-state index in [0.29, 0.717) is 27.9 Å². The van der Waals surface area contributed by atoms with Gasteiger partial charge in [-0.3, -0.25) is 10.1 Å². The summed E-state index contributed by atoms with van der Waals surface area (Å²) in [5.41, 5.74) is 0.818. The predicted octanol–water partition coefficient (Wildman–Crippen LogP) is 4.30. The summed E-state index contributed by atoms with van der Waals surface area (Å²) in [4.78, 5) is 22.1. The Labute approximate surface area is 135 Å². The Bertz CT molecular complexity index is 1030. The van der Waals surface area contributed by atoms with Crippen molar-refractivity contribution in [1.82, 2.24) is 0 Å². The van der Waals surface area contributed by atoms with Crippen LogP contribution >= 0.6 is 0 Å². The molecule has 0 aromatic heterocycles. The van der Waals surface area contributed by atoms with Crippen LogP contribution in [0.4, 0.5) is 17.1 Å². The van der Waals surface area contributed by atoms with E-state index >= 15 is 0 Å². The Morgan fingerprint density at radius 3 is 2.67 bits per heavy atom. The molecule has 2 N–H and O–H groups in total. The van der Waals surface area contributed by atoms with Crippen molar-refractivity contribution in [2.24, 2.45) is 0 Å². The smallest absolute Gasteiger partial charge is 0.338 e. The number of carboxylic acid groups (broad SMARTS) is 1. The van der Waals surface area contributed by atoms with Crippen molar-refractivity contribution in [1.29, 1.82) is 0 Å². The average Bonchev–Trinajstić information content (AvgIpc) is 2.56. The van der Waals surface area contributed by atoms with Crippen LogP contribution in [0.25, 0.3) is 10.8 Å². The number of ether oxygens (including phenoxy) is 1. The van der Waals surface area contributed by atoms with E-state index in [1.807, 2.05) is 0 Å². The molecular formula is C17H10N2O5. The van der Waals surface area contributed by atoms with Crippen LogP contribution in [0.2, 0.25) is 0 Å². The van der Waals surface area contributed by atoms with Gasteiger partial charge < -0.3 is 15.2 Å². The Balaban J connectivity index is 1.94. The number of carbonyl (C=O) groups is 1. The number of carboxylic acids is 1. The molecule has 24 heavy (non-hydrogen) atoms. The number of nitrogens with one attached hydrogen (secondary N) is 1. The minimum atomic E-state index is -1.08. The number of anilines is 2. The Kier molecular flexibility index (Phi) is 2.89. The standard InChI is InChI=1S/C17H10N2O5/c20-17(21)15-11-4-2-1-3-9(11)7-14-16(15)18-12-6-5-10(19(22)23)8-13(12)24-14/h1-8,18H,(H,20,21). The number of benzene rings is 3. The van der Waals surface area contributed by atoms with E-state index in [2.05, 4.69) is 5.32 Å². The third kappa shape index (κ3) is 2.03. The van der Waals surface area contributed by atoms with Gasteiger partial charge in [0, 0.05) is 6.07 Å². The van der Waals surface area contributed by atoms with Gasteiger partial charge in [-0.15, -0.1) is 0 Å². The number of nitro groups is 1. The second-order valence-corrected chi connectivity index (χ2v) is 5.32. The molecule has 0 saturated carbocycles. The number of nitro benzene ring substituents is 1. The van der Waals surface area contributed by atoms with Crippen molar-refractivity contribution < 1.29 is 19.6 Å². The first-order valence-corrected chi connectivity index (χ1v) is 7.07. The van der Waals surface area contributed by atoms with Gasteiger partial charge in [0.05, 0.1) is 27.9 Å². The van der Waals surface area contributed by atoms with Crippen molar-refractivity contribution in [2.75, 3.05) is 5.32 Å². The third-order valence-electron chi connectivity index (χ3n) is 3.88. The van der Waals surface area contributed by atoms with Gasteiger partial charge in [0.1, 0.15) is 0 Å². The molecule has 3 aromatic carbocycles. The number of fused-ring (bicyclic) bond motifs is 3. The van der Waals surface area contributed by atoms with Crippen LogP contribution in [0.3, 0.4) is 0 Å². The molecule has 0 atom stereocenters. The van der Waals surface area contributed by atoms with E-state index in [1.165, 1.54) is 18.2 Å². The van der Waals surface area contributed by atoms with Crippen molar-refractivity contribution in [3.63, 3.8) is 0 Å². The normalized spacial score (nSPS) is 11.8. The van der Waals surface area contributed by atoms with Gasteiger partial charge in [-0.1, -0.05) is 24.3 Å². The predicted molar refractivity (Wildman–Crippen MR) is 87.4 cm³/mol. The summed E-state index contributed by atoms with van der Waals surface area (Å²) in [7, 11) is 0. The van der Waals surface area contributed by atoms with Gasteiger partial charge in [0.2, 0.25) is 0 Å². The monoisotopic (exact) mass is 322 g/mol. The van der Waals surface area contributed by atoms with Gasteiger partial charge >= 0.3 is 5.97 Å². The van der Waals surface area contributed by atoms with Gasteiger partial charge in [-0.05, 0) is 22.9 Å².